The van der Waals surface area contributed by atoms with Crippen molar-refractivity contribution >= 4 is 33.2 Å². The minimum atomic E-state index is -3.70. The molecule has 1 aromatic heterocycles. The molecule has 0 fully saturated rings. The lowest BCUT2D eigenvalue weighted by Crippen LogP contribution is -2.29. The highest BCUT2D eigenvalue weighted by atomic mass is 35.5. The van der Waals surface area contributed by atoms with E-state index in [1.807, 2.05) is 37.3 Å². The molecular weight excluding hydrogens is 331 g/mol. The van der Waals surface area contributed by atoms with E-state index < -0.39 is 10.0 Å². The summed E-state index contributed by atoms with van der Waals surface area (Å²) >= 11 is 11.6. The van der Waals surface area contributed by atoms with Crippen molar-refractivity contribution in [3.05, 3.63) is 58.3 Å². The second-order valence-electron chi connectivity index (χ2n) is 4.55. The molecule has 0 spiro atoms. The second-order valence-corrected chi connectivity index (χ2v) is 7.31. The van der Waals surface area contributed by atoms with Crippen LogP contribution in [0.1, 0.15) is 18.5 Å². The molecule has 4 nitrogen and oxygen atoms in total. The fourth-order valence-electron chi connectivity index (χ4n) is 1.86. The van der Waals surface area contributed by atoms with Gasteiger partial charge in [0.2, 0.25) is 10.0 Å². The number of nitrogens with zero attached hydrogens (tertiary/aromatic N) is 2. The Morgan fingerprint density at radius 1 is 1.19 bits per heavy atom. The van der Waals surface area contributed by atoms with Crippen molar-refractivity contribution < 1.29 is 8.42 Å². The molecule has 1 heterocycles. The Kier molecular flexibility index (Phi) is 4.88. The van der Waals surface area contributed by atoms with Gasteiger partial charge in [-0.3, -0.25) is 0 Å². The molecule has 1 aromatic carbocycles. The molecule has 0 aliphatic heterocycles. The Bertz CT molecular complexity index is 736. The van der Waals surface area contributed by atoms with Crippen molar-refractivity contribution in [2.24, 2.45) is 0 Å². The molecule has 0 N–H and O–H groups in total. The van der Waals surface area contributed by atoms with Gasteiger partial charge < -0.3 is 0 Å². The summed E-state index contributed by atoms with van der Waals surface area (Å²) in [5, 5.41) is 0.188. The lowest BCUT2D eigenvalue weighted by atomic mass is 10.1. The molecule has 112 valence electrons. The zero-order valence-electron chi connectivity index (χ0n) is 11.5. The molecular formula is C14H14Cl2N2O2S. The summed E-state index contributed by atoms with van der Waals surface area (Å²) in [6.45, 7) is 1.82. The van der Waals surface area contributed by atoms with Gasteiger partial charge >= 0.3 is 0 Å². The van der Waals surface area contributed by atoms with Crippen molar-refractivity contribution in [2.75, 3.05) is 7.05 Å². The van der Waals surface area contributed by atoms with Crippen molar-refractivity contribution in [3.8, 4) is 0 Å². The van der Waals surface area contributed by atoms with Crippen molar-refractivity contribution in [1.82, 2.24) is 9.29 Å². The van der Waals surface area contributed by atoms with Crippen LogP contribution in [0.4, 0.5) is 0 Å². The van der Waals surface area contributed by atoms with Crippen LogP contribution in [-0.2, 0) is 10.0 Å². The molecule has 0 bridgehead atoms. The summed E-state index contributed by atoms with van der Waals surface area (Å²) in [7, 11) is -2.17. The van der Waals surface area contributed by atoms with Gasteiger partial charge in [-0.2, -0.15) is 4.31 Å². The van der Waals surface area contributed by atoms with Crippen LogP contribution in [0, 0.1) is 0 Å². The second kappa shape index (κ2) is 6.32. The van der Waals surface area contributed by atoms with Gasteiger partial charge in [0.1, 0.15) is 10.0 Å². The summed E-state index contributed by atoms with van der Waals surface area (Å²) in [6.07, 6.45) is 1.21. The fraction of sp³-hybridized carbons (Fsp3) is 0.214. The van der Waals surface area contributed by atoms with Gasteiger partial charge in [-0.05, 0) is 18.6 Å². The monoisotopic (exact) mass is 344 g/mol. The zero-order chi connectivity index (χ0) is 15.6. The number of aromatic nitrogens is 1. The maximum absolute atomic E-state index is 12.6. The summed E-state index contributed by atoms with van der Waals surface area (Å²) < 4.78 is 26.5. The first kappa shape index (κ1) is 16.2. The molecule has 0 aliphatic rings. The number of hydrogen-bond donors (Lipinski definition) is 0. The topological polar surface area (TPSA) is 50.3 Å². The molecule has 1 unspecified atom stereocenters. The van der Waals surface area contributed by atoms with Crippen LogP contribution in [-0.4, -0.2) is 24.8 Å². The third kappa shape index (κ3) is 3.37. The van der Waals surface area contributed by atoms with Crippen molar-refractivity contribution in [3.63, 3.8) is 0 Å². The van der Waals surface area contributed by atoms with Crippen LogP contribution in [0.5, 0.6) is 0 Å². The maximum Gasteiger partial charge on any atom is 0.244 e. The van der Waals surface area contributed by atoms with Gasteiger partial charge in [0.05, 0.1) is 5.02 Å². The van der Waals surface area contributed by atoms with Crippen LogP contribution < -0.4 is 0 Å². The largest absolute Gasteiger partial charge is 0.244 e. The van der Waals surface area contributed by atoms with E-state index in [-0.39, 0.29) is 21.1 Å². The highest BCUT2D eigenvalue weighted by Gasteiger charge is 2.27. The molecule has 2 rings (SSSR count). The number of pyridine rings is 1. The standard InChI is InChI=1S/C14H14Cl2N2O2S/c1-10(11-6-4-3-5-7-11)18(2)21(19,20)12-8-13(15)14(16)17-9-12/h3-10H,1-2H3. The normalized spacial score (nSPS) is 13.4. The molecule has 0 saturated heterocycles. The van der Waals surface area contributed by atoms with Crippen LogP contribution in [0.3, 0.4) is 0 Å². The Hall–Kier alpha value is -1.14. The molecule has 0 radical (unpaired) electrons. The van der Waals surface area contributed by atoms with E-state index in [9.17, 15) is 8.42 Å². The molecule has 21 heavy (non-hydrogen) atoms. The van der Waals surface area contributed by atoms with Crippen LogP contribution >= 0.6 is 23.2 Å². The molecule has 7 heteroatoms. The lowest BCUT2D eigenvalue weighted by molar-refractivity contribution is 0.398. The van der Waals surface area contributed by atoms with E-state index >= 15 is 0 Å². The van der Waals surface area contributed by atoms with Crippen molar-refractivity contribution in [1.29, 1.82) is 0 Å². The van der Waals surface area contributed by atoms with Gasteiger partial charge in [0.25, 0.3) is 0 Å². The van der Waals surface area contributed by atoms with Gasteiger partial charge in [0, 0.05) is 19.3 Å². The summed E-state index contributed by atoms with van der Waals surface area (Å²) in [4.78, 5) is 3.80. The quantitative estimate of drug-likeness (QED) is 0.793. The van der Waals surface area contributed by atoms with E-state index in [1.54, 1.807) is 0 Å². The van der Waals surface area contributed by atoms with Crippen LogP contribution in [0.15, 0.2) is 47.5 Å². The summed E-state index contributed by atoms with van der Waals surface area (Å²) in [5.41, 5.74) is 0.900. The van der Waals surface area contributed by atoms with Gasteiger partial charge in [-0.15, -0.1) is 0 Å². The third-order valence-electron chi connectivity index (χ3n) is 3.28. The van der Waals surface area contributed by atoms with E-state index in [0.29, 0.717) is 0 Å². The minimum Gasteiger partial charge on any atom is -0.242 e. The highest BCUT2D eigenvalue weighted by molar-refractivity contribution is 7.89. The number of sulfonamides is 1. The van der Waals surface area contributed by atoms with E-state index in [1.165, 1.54) is 23.6 Å². The maximum atomic E-state index is 12.6. The van der Waals surface area contributed by atoms with Gasteiger partial charge in [0.15, 0.2) is 0 Å². The number of benzene rings is 1. The van der Waals surface area contributed by atoms with E-state index in [4.69, 9.17) is 23.2 Å². The average molecular weight is 345 g/mol. The molecule has 0 amide bonds. The zero-order valence-corrected chi connectivity index (χ0v) is 13.8. The molecule has 1 atom stereocenters. The average Bonchev–Trinajstić information content (AvgIpc) is 2.49. The minimum absolute atomic E-state index is 0.0159. The lowest BCUT2D eigenvalue weighted by Gasteiger charge is -2.24. The first-order chi connectivity index (χ1) is 9.84. The first-order valence-electron chi connectivity index (χ1n) is 6.18. The Balaban J connectivity index is 2.36. The Morgan fingerprint density at radius 2 is 1.81 bits per heavy atom. The van der Waals surface area contributed by atoms with Gasteiger partial charge in [-0.25, -0.2) is 13.4 Å². The number of halogens is 2. The number of hydrogen-bond acceptors (Lipinski definition) is 3. The van der Waals surface area contributed by atoms with E-state index in [2.05, 4.69) is 4.98 Å². The molecule has 2 aromatic rings. The summed E-state index contributed by atoms with van der Waals surface area (Å²) in [6, 6.07) is 10.4. The Morgan fingerprint density at radius 3 is 2.38 bits per heavy atom. The smallest absolute Gasteiger partial charge is 0.242 e. The predicted octanol–water partition coefficient (Wildman–Crippen LogP) is 3.77. The fourth-order valence-corrected chi connectivity index (χ4v) is 3.52. The van der Waals surface area contributed by atoms with Gasteiger partial charge in [-0.1, -0.05) is 53.5 Å². The van der Waals surface area contributed by atoms with E-state index in [0.717, 1.165) is 5.56 Å². The molecule has 0 saturated carbocycles. The Labute approximate surface area is 134 Å². The third-order valence-corrected chi connectivity index (χ3v) is 5.86. The van der Waals surface area contributed by atoms with Crippen molar-refractivity contribution in [2.45, 2.75) is 17.9 Å². The van der Waals surface area contributed by atoms with Crippen LogP contribution in [0.2, 0.25) is 10.2 Å². The molecule has 0 aliphatic carbocycles. The predicted molar refractivity (Wildman–Crippen MR) is 84.1 cm³/mol. The SMILES string of the molecule is CC(c1ccccc1)N(C)S(=O)(=O)c1cnc(Cl)c(Cl)c1. The number of rotatable bonds is 4. The summed E-state index contributed by atoms with van der Waals surface area (Å²) in [5.74, 6) is 0. The first-order valence-corrected chi connectivity index (χ1v) is 8.37. The highest BCUT2D eigenvalue weighted by Crippen LogP contribution is 2.28. The van der Waals surface area contributed by atoms with Crippen LogP contribution in [0.25, 0.3) is 0 Å².